The molecule has 1 saturated heterocycles. The molecule has 1 aliphatic rings. The van der Waals surface area contributed by atoms with Crippen molar-refractivity contribution in [1.29, 1.82) is 0 Å². The van der Waals surface area contributed by atoms with Gasteiger partial charge < -0.3 is 15.4 Å². The van der Waals surface area contributed by atoms with Gasteiger partial charge in [-0.3, -0.25) is 4.90 Å². The smallest absolute Gasteiger partial charge is 0.123 e. The van der Waals surface area contributed by atoms with Crippen molar-refractivity contribution in [2.75, 3.05) is 40.3 Å². The summed E-state index contributed by atoms with van der Waals surface area (Å²) in [5.74, 6) is 1.02. The first-order valence-corrected chi connectivity index (χ1v) is 7.48. The number of hydrogen-bond acceptors (Lipinski definition) is 4. The predicted molar refractivity (Wildman–Crippen MR) is 83.0 cm³/mol. The summed E-state index contributed by atoms with van der Waals surface area (Å²) < 4.78 is 5.92. The van der Waals surface area contributed by atoms with E-state index in [1.807, 2.05) is 6.07 Å². The normalized spacial score (nSPS) is 17.6. The van der Waals surface area contributed by atoms with Crippen LogP contribution in [0.25, 0.3) is 0 Å². The molecular weight excluding hydrogens is 250 g/mol. The molecule has 2 rings (SSSR count). The van der Waals surface area contributed by atoms with Gasteiger partial charge in [0.15, 0.2) is 0 Å². The molecule has 4 nitrogen and oxygen atoms in total. The molecule has 1 fully saturated rings. The van der Waals surface area contributed by atoms with E-state index < -0.39 is 0 Å². The summed E-state index contributed by atoms with van der Waals surface area (Å²) in [5, 5.41) is 0. The van der Waals surface area contributed by atoms with Crippen molar-refractivity contribution in [3.8, 4) is 5.75 Å². The molecule has 20 heavy (non-hydrogen) atoms. The van der Waals surface area contributed by atoms with Crippen molar-refractivity contribution >= 4 is 0 Å². The van der Waals surface area contributed by atoms with E-state index in [-0.39, 0.29) is 0 Å². The molecule has 4 heteroatoms. The van der Waals surface area contributed by atoms with E-state index in [4.69, 9.17) is 10.5 Å². The van der Waals surface area contributed by atoms with Gasteiger partial charge >= 0.3 is 0 Å². The summed E-state index contributed by atoms with van der Waals surface area (Å²) in [7, 11) is 4.12. The minimum absolute atomic E-state index is 0.387. The molecule has 1 aromatic rings. The van der Waals surface area contributed by atoms with E-state index >= 15 is 0 Å². The first kappa shape index (κ1) is 15.3. The number of nitrogens with zero attached hydrogens (tertiary/aromatic N) is 2. The van der Waals surface area contributed by atoms with E-state index in [1.165, 1.54) is 5.56 Å². The van der Waals surface area contributed by atoms with E-state index in [2.05, 4.69) is 42.1 Å². The quantitative estimate of drug-likeness (QED) is 0.856. The highest BCUT2D eigenvalue weighted by Gasteiger charge is 2.17. The van der Waals surface area contributed by atoms with Crippen molar-refractivity contribution in [2.45, 2.75) is 25.4 Å². The van der Waals surface area contributed by atoms with Gasteiger partial charge in [0.2, 0.25) is 0 Å². The second-order valence-corrected chi connectivity index (χ2v) is 5.87. The molecule has 0 unspecified atom stereocenters. The Balaban J connectivity index is 1.90. The van der Waals surface area contributed by atoms with E-state index in [1.54, 1.807) is 0 Å². The molecule has 0 saturated carbocycles. The number of nitrogens with two attached hydrogens (primary N) is 1. The Bertz CT molecular complexity index is 400. The highest BCUT2D eigenvalue weighted by Crippen LogP contribution is 2.21. The summed E-state index contributed by atoms with van der Waals surface area (Å²) in [6, 6.07) is 8.75. The fraction of sp³-hybridized carbons (Fsp3) is 0.625. The Morgan fingerprint density at radius 1 is 1.25 bits per heavy atom. The maximum Gasteiger partial charge on any atom is 0.123 e. The fourth-order valence-corrected chi connectivity index (χ4v) is 2.47. The Morgan fingerprint density at radius 3 is 2.65 bits per heavy atom. The summed E-state index contributed by atoms with van der Waals surface area (Å²) in [5.41, 5.74) is 7.24. The zero-order valence-corrected chi connectivity index (χ0v) is 12.7. The minimum Gasteiger partial charge on any atom is -0.492 e. The van der Waals surface area contributed by atoms with Crippen LogP contribution in [-0.2, 0) is 6.54 Å². The predicted octanol–water partition coefficient (Wildman–Crippen LogP) is 1.55. The minimum atomic E-state index is 0.387. The van der Waals surface area contributed by atoms with Gasteiger partial charge in [-0.1, -0.05) is 18.2 Å². The number of para-hydroxylation sites is 1. The molecular formula is C16H27N3O. The van der Waals surface area contributed by atoms with Gasteiger partial charge in [-0.25, -0.2) is 0 Å². The van der Waals surface area contributed by atoms with Crippen LogP contribution in [0.5, 0.6) is 5.75 Å². The van der Waals surface area contributed by atoms with Crippen LogP contribution in [0.1, 0.15) is 18.4 Å². The lowest BCUT2D eigenvalue weighted by Crippen LogP contribution is -2.39. The summed E-state index contributed by atoms with van der Waals surface area (Å²) in [4.78, 5) is 4.60. The van der Waals surface area contributed by atoms with Crippen LogP contribution >= 0.6 is 0 Å². The molecule has 1 aliphatic heterocycles. The first-order valence-electron chi connectivity index (χ1n) is 7.48. The third kappa shape index (κ3) is 4.78. The molecule has 1 heterocycles. The molecule has 112 valence electrons. The Labute approximate surface area is 122 Å². The van der Waals surface area contributed by atoms with Crippen LogP contribution in [0.15, 0.2) is 24.3 Å². The Kier molecular flexibility index (Phi) is 5.83. The molecule has 0 aromatic heterocycles. The molecule has 2 N–H and O–H groups in total. The average Bonchev–Trinajstić information content (AvgIpc) is 2.43. The average molecular weight is 277 g/mol. The van der Waals surface area contributed by atoms with Crippen molar-refractivity contribution in [1.82, 2.24) is 9.80 Å². The molecule has 0 spiro atoms. The van der Waals surface area contributed by atoms with Crippen LogP contribution in [0, 0.1) is 0 Å². The van der Waals surface area contributed by atoms with Gasteiger partial charge in [-0.05, 0) is 46.1 Å². The van der Waals surface area contributed by atoms with E-state index in [9.17, 15) is 0 Å². The number of hydrogen-bond donors (Lipinski definition) is 1. The van der Waals surface area contributed by atoms with Crippen LogP contribution in [0.2, 0.25) is 0 Å². The summed E-state index contributed by atoms with van der Waals surface area (Å²) in [6.07, 6.45) is 2.20. The zero-order valence-electron chi connectivity index (χ0n) is 12.7. The van der Waals surface area contributed by atoms with Crippen LogP contribution in [0.4, 0.5) is 0 Å². The van der Waals surface area contributed by atoms with Crippen LogP contribution in [0.3, 0.4) is 0 Å². The zero-order chi connectivity index (χ0) is 14.4. The lowest BCUT2D eigenvalue weighted by Gasteiger charge is -2.30. The molecule has 0 amide bonds. The molecule has 1 aromatic carbocycles. The van der Waals surface area contributed by atoms with Crippen molar-refractivity contribution < 1.29 is 4.74 Å². The van der Waals surface area contributed by atoms with Crippen molar-refractivity contribution in [2.24, 2.45) is 5.73 Å². The monoisotopic (exact) mass is 277 g/mol. The van der Waals surface area contributed by atoms with Gasteiger partial charge in [0, 0.05) is 24.7 Å². The first-order chi connectivity index (χ1) is 9.65. The van der Waals surface area contributed by atoms with Gasteiger partial charge in [-0.15, -0.1) is 0 Å². The summed E-state index contributed by atoms with van der Waals surface area (Å²) in [6.45, 7) is 4.81. The van der Waals surface area contributed by atoms with E-state index in [0.29, 0.717) is 6.04 Å². The number of likely N-dealkylation sites (tertiary alicyclic amines) is 1. The Hall–Kier alpha value is -1.10. The lowest BCUT2D eigenvalue weighted by molar-refractivity contribution is 0.200. The molecule has 0 atom stereocenters. The Morgan fingerprint density at radius 2 is 1.95 bits per heavy atom. The van der Waals surface area contributed by atoms with Crippen LogP contribution < -0.4 is 10.5 Å². The maximum atomic E-state index is 5.96. The number of piperidine rings is 1. The fourth-order valence-electron chi connectivity index (χ4n) is 2.47. The maximum absolute atomic E-state index is 5.96. The van der Waals surface area contributed by atoms with E-state index in [0.717, 1.165) is 51.4 Å². The molecule has 0 aliphatic carbocycles. The number of benzene rings is 1. The highest BCUT2D eigenvalue weighted by molar-refractivity contribution is 5.33. The van der Waals surface area contributed by atoms with Gasteiger partial charge in [-0.2, -0.15) is 0 Å². The third-order valence-electron chi connectivity index (χ3n) is 3.79. The number of likely N-dealkylation sites (N-methyl/N-ethyl adjacent to an activating group) is 1. The summed E-state index contributed by atoms with van der Waals surface area (Å²) >= 11 is 0. The number of ether oxygens (including phenoxy) is 1. The number of rotatable bonds is 6. The molecule has 0 bridgehead atoms. The highest BCUT2D eigenvalue weighted by atomic mass is 16.5. The molecule has 0 radical (unpaired) electrons. The van der Waals surface area contributed by atoms with Gasteiger partial charge in [0.1, 0.15) is 12.4 Å². The van der Waals surface area contributed by atoms with Gasteiger partial charge in [0.05, 0.1) is 0 Å². The standard InChI is InChI=1S/C16H27N3O/c1-18(2)11-12-20-16-6-4-3-5-14(16)13-19-9-7-15(17)8-10-19/h3-6,15H,7-13,17H2,1-2H3. The topological polar surface area (TPSA) is 41.7 Å². The largest absolute Gasteiger partial charge is 0.492 e. The van der Waals surface area contributed by atoms with Crippen LogP contribution in [-0.4, -0.2) is 56.2 Å². The van der Waals surface area contributed by atoms with Crippen molar-refractivity contribution in [3.05, 3.63) is 29.8 Å². The third-order valence-corrected chi connectivity index (χ3v) is 3.79. The van der Waals surface area contributed by atoms with Gasteiger partial charge in [0.25, 0.3) is 0 Å². The second-order valence-electron chi connectivity index (χ2n) is 5.87. The lowest BCUT2D eigenvalue weighted by atomic mass is 10.1. The SMILES string of the molecule is CN(C)CCOc1ccccc1CN1CCC(N)CC1. The van der Waals surface area contributed by atoms with Crippen molar-refractivity contribution in [3.63, 3.8) is 0 Å². The second kappa shape index (κ2) is 7.62.